The highest BCUT2D eigenvalue weighted by Gasteiger charge is 1.92. The minimum Gasteiger partial charge on any atom is -0.256 e. The van der Waals surface area contributed by atoms with Gasteiger partial charge < -0.3 is 0 Å². The van der Waals surface area contributed by atoms with Crippen LogP contribution in [0.5, 0.6) is 0 Å². The normalized spacial score (nSPS) is 11.2. The molecule has 0 saturated heterocycles. The third-order valence-electron chi connectivity index (χ3n) is 1.94. The number of fused-ring (bicyclic) bond motifs is 1. The van der Waals surface area contributed by atoms with Gasteiger partial charge in [-0.05, 0) is 24.6 Å². The predicted molar refractivity (Wildman–Crippen MR) is 56.1 cm³/mol. The first-order valence-electron chi connectivity index (χ1n) is 4.21. The quantitative estimate of drug-likeness (QED) is 0.637. The minimum atomic E-state index is 1.03. The molecule has 0 N–H and O–H groups in total. The molecule has 0 amide bonds. The van der Waals surface area contributed by atoms with E-state index in [1.807, 2.05) is 12.1 Å². The van der Waals surface area contributed by atoms with Crippen molar-refractivity contribution in [1.82, 2.24) is 4.98 Å². The van der Waals surface area contributed by atoms with Crippen molar-refractivity contribution < 1.29 is 0 Å². The summed E-state index contributed by atoms with van der Waals surface area (Å²) in [5, 5.41) is 1.17. The summed E-state index contributed by atoms with van der Waals surface area (Å²) in [5.41, 5.74) is 2.17. The summed E-state index contributed by atoms with van der Waals surface area (Å²) < 4.78 is 0. The fraction of sp³-hybridized carbons (Fsp3) is 0. The zero-order valence-electron chi connectivity index (χ0n) is 7.27. The monoisotopic (exact) mass is 168 g/mol. The van der Waals surface area contributed by atoms with Gasteiger partial charge in [0.1, 0.15) is 0 Å². The molecule has 0 aliphatic rings. The van der Waals surface area contributed by atoms with Crippen molar-refractivity contribution in [2.75, 3.05) is 0 Å². The molecule has 1 radical (unpaired) electrons. The van der Waals surface area contributed by atoms with E-state index < -0.39 is 0 Å². The highest BCUT2D eigenvalue weighted by Crippen LogP contribution is 2.13. The van der Waals surface area contributed by atoms with Crippen LogP contribution in [0.15, 0.2) is 42.6 Å². The van der Waals surface area contributed by atoms with Crippen LogP contribution in [0.1, 0.15) is 5.56 Å². The predicted octanol–water partition coefficient (Wildman–Crippen LogP) is 3.08. The Kier molecular flexibility index (Phi) is 2.09. The van der Waals surface area contributed by atoms with Crippen molar-refractivity contribution >= 4 is 17.0 Å². The van der Waals surface area contributed by atoms with Gasteiger partial charge in [-0.1, -0.05) is 30.4 Å². The maximum absolute atomic E-state index is 4.27. The molecule has 1 nitrogen and oxygen atoms in total. The highest BCUT2D eigenvalue weighted by atomic mass is 14.6. The molecule has 0 aliphatic carbocycles. The van der Waals surface area contributed by atoms with Crippen molar-refractivity contribution in [2.45, 2.75) is 0 Å². The molecule has 1 heteroatoms. The molecule has 1 aromatic heterocycles. The van der Waals surface area contributed by atoms with E-state index in [4.69, 9.17) is 0 Å². The number of hydrogen-bond donors (Lipinski definition) is 0. The molecule has 2 aromatic rings. The lowest BCUT2D eigenvalue weighted by Crippen LogP contribution is -1.78. The molecule has 1 heterocycles. The van der Waals surface area contributed by atoms with Crippen LogP contribution in [0.3, 0.4) is 0 Å². The zero-order valence-corrected chi connectivity index (χ0v) is 7.27. The van der Waals surface area contributed by atoms with E-state index in [2.05, 4.69) is 36.2 Å². The molecule has 2 rings (SSSR count). The lowest BCUT2D eigenvalue weighted by atomic mass is 10.1. The minimum absolute atomic E-state index is 1.03. The second-order valence-electron chi connectivity index (χ2n) is 2.86. The first-order valence-corrected chi connectivity index (χ1v) is 4.21. The van der Waals surface area contributed by atoms with Gasteiger partial charge in [0.25, 0.3) is 0 Å². The first kappa shape index (κ1) is 7.99. The van der Waals surface area contributed by atoms with E-state index in [1.54, 1.807) is 12.3 Å². The molecule has 0 saturated carbocycles. The van der Waals surface area contributed by atoms with Gasteiger partial charge >= 0.3 is 0 Å². The topological polar surface area (TPSA) is 12.9 Å². The van der Waals surface area contributed by atoms with Crippen molar-refractivity contribution in [3.05, 3.63) is 55.1 Å². The van der Waals surface area contributed by atoms with Crippen LogP contribution >= 0.6 is 0 Å². The number of benzene rings is 1. The van der Waals surface area contributed by atoms with E-state index in [9.17, 15) is 0 Å². The van der Waals surface area contributed by atoms with Gasteiger partial charge in [0.2, 0.25) is 0 Å². The number of aromatic nitrogens is 1. The SMILES string of the molecule is [CH2]/C=C/c1ccc2cccnc2c1. The molecule has 13 heavy (non-hydrogen) atoms. The van der Waals surface area contributed by atoms with Crippen molar-refractivity contribution in [2.24, 2.45) is 0 Å². The Balaban J connectivity index is 2.62. The number of pyridine rings is 1. The molecule has 0 aliphatic heterocycles. The molecule has 0 spiro atoms. The first-order chi connectivity index (χ1) is 6.40. The molecule has 63 valence electrons. The summed E-state index contributed by atoms with van der Waals surface area (Å²) in [6, 6.07) is 10.2. The largest absolute Gasteiger partial charge is 0.256 e. The van der Waals surface area contributed by atoms with Crippen LogP contribution < -0.4 is 0 Å². The van der Waals surface area contributed by atoms with Crippen LogP contribution in [0.4, 0.5) is 0 Å². The lowest BCUT2D eigenvalue weighted by Gasteiger charge is -1.97. The Labute approximate surface area is 77.7 Å². The lowest BCUT2D eigenvalue weighted by molar-refractivity contribution is 1.41. The van der Waals surface area contributed by atoms with Gasteiger partial charge in [-0.25, -0.2) is 0 Å². The van der Waals surface area contributed by atoms with Gasteiger partial charge in [-0.15, -0.1) is 0 Å². The Morgan fingerprint density at radius 2 is 2.15 bits per heavy atom. The number of nitrogens with zero attached hydrogens (tertiary/aromatic N) is 1. The summed E-state index contributed by atoms with van der Waals surface area (Å²) in [4.78, 5) is 4.27. The third kappa shape index (κ3) is 1.59. The Morgan fingerprint density at radius 3 is 3.00 bits per heavy atom. The fourth-order valence-electron chi connectivity index (χ4n) is 1.32. The molecular weight excluding hydrogens is 158 g/mol. The Hall–Kier alpha value is -1.63. The van der Waals surface area contributed by atoms with Crippen LogP contribution in [-0.4, -0.2) is 4.98 Å². The van der Waals surface area contributed by atoms with Crippen LogP contribution in [0, 0.1) is 6.92 Å². The summed E-state index contributed by atoms with van der Waals surface area (Å²) in [6.07, 6.45) is 5.55. The average Bonchev–Trinajstić information content (AvgIpc) is 2.18. The highest BCUT2D eigenvalue weighted by molar-refractivity contribution is 5.80. The smallest absolute Gasteiger partial charge is 0.0707 e. The summed E-state index contributed by atoms with van der Waals surface area (Å²) in [7, 11) is 0. The molecule has 0 unspecified atom stereocenters. The van der Waals surface area contributed by atoms with E-state index in [0.29, 0.717) is 0 Å². The Morgan fingerprint density at radius 1 is 1.23 bits per heavy atom. The van der Waals surface area contributed by atoms with Gasteiger partial charge in [0, 0.05) is 11.6 Å². The summed E-state index contributed by atoms with van der Waals surface area (Å²) >= 11 is 0. The zero-order chi connectivity index (χ0) is 9.10. The second kappa shape index (κ2) is 3.40. The van der Waals surface area contributed by atoms with Crippen LogP contribution in [-0.2, 0) is 0 Å². The number of rotatable bonds is 1. The number of allylic oxidation sites excluding steroid dienone is 1. The van der Waals surface area contributed by atoms with Crippen LogP contribution in [0.2, 0.25) is 0 Å². The molecular formula is C12H10N. The maximum Gasteiger partial charge on any atom is 0.0707 e. The van der Waals surface area contributed by atoms with Crippen molar-refractivity contribution in [3.8, 4) is 0 Å². The van der Waals surface area contributed by atoms with E-state index >= 15 is 0 Å². The van der Waals surface area contributed by atoms with Crippen LogP contribution in [0.25, 0.3) is 17.0 Å². The second-order valence-corrected chi connectivity index (χ2v) is 2.86. The van der Waals surface area contributed by atoms with Gasteiger partial charge in [-0.2, -0.15) is 0 Å². The molecule has 1 aromatic carbocycles. The molecule has 0 bridgehead atoms. The average molecular weight is 168 g/mol. The van der Waals surface area contributed by atoms with Gasteiger partial charge in [0.15, 0.2) is 0 Å². The maximum atomic E-state index is 4.27. The summed E-state index contributed by atoms with van der Waals surface area (Å²) in [6.45, 7) is 3.66. The van der Waals surface area contributed by atoms with Crippen molar-refractivity contribution in [3.63, 3.8) is 0 Å². The van der Waals surface area contributed by atoms with E-state index in [-0.39, 0.29) is 0 Å². The van der Waals surface area contributed by atoms with Gasteiger partial charge in [-0.3, -0.25) is 4.98 Å². The van der Waals surface area contributed by atoms with E-state index in [0.717, 1.165) is 11.1 Å². The molecule has 0 fully saturated rings. The summed E-state index contributed by atoms with van der Waals surface area (Å²) in [5.74, 6) is 0. The van der Waals surface area contributed by atoms with E-state index in [1.165, 1.54) is 5.39 Å². The fourth-order valence-corrected chi connectivity index (χ4v) is 1.32. The number of hydrogen-bond acceptors (Lipinski definition) is 1. The van der Waals surface area contributed by atoms with Gasteiger partial charge in [0.05, 0.1) is 5.52 Å². The third-order valence-corrected chi connectivity index (χ3v) is 1.94. The Bertz CT molecular complexity index is 444. The molecule has 0 atom stereocenters. The standard InChI is InChI=1S/C12H10N/c1-2-4-10-6-7-11-5-3-8-13-12(11)9-10/h2-9H,1H2/b4-2+. The van der Waals surface area contributed by atoms with Crippen molar-refractivity contribution in [1.29, 1.82) is 0 Å².